The lowest BCUT2D eigenvalue weighted by Gasteiger charge is -2.46. The van der Waals surface area contributed by atoms with Gasteiger partial charge in [-0.15, -0.1) is 6.42 Å². The maximum Gasteiger partial charge on any atom is 0.324 e. The zero-order valence-electron chi connectivity index (χ0n) is 16.6. The number of rotatable bonds is 6. The van der Waals surface area contributed by atoms with Gasteiger partial charge in [0.15, 0.2) is 0 Å². The van der Waals surface area contributed by atoms with Crippen LogP contribution < -0.4 is 0 Å². The highest BCUT2D eigenvalue weighted by atomic mass is 16.6. The highest BCUT2D eigenvalue weighted by molar-refractivity contribution is 5.77. The van der Waals surface area contributed by atoms with Crippen molar-refractivity contribution in [3.05, 3.63) is 48.0 Å². The third kappa shape index (κ3) is 4.50. The van der Waals surface area contributed by atoms with Gasteiger partial charge in [-0.25, -0.2) is 0 Å². The van der Waals surface area contributed by atoms with E-state index in [4.69, 9.17) is 11.2 Å². The first-order valence-electron chi connectivity index (χ1n) is 10.9. The fraction of sp³-hybridized carbons (Fsp3) is 0.560. The molecule has 1 saturated heterocycles. The molecule has 3 fully saturated rings. The van der Waals surface area contributed by atoms with Crippen LogP contribution in [0.5, 0.6) is 0 Å². The highest BCUT2D eigenvalue weighted by Gasteiger charge is 2.45. The van der Waals surface area contributed by atoms with E-state index < -0.39 is 0 Å². The second-order valence-corrected chi connectivity index (χ2v) is 8.59. The minimum Gasteiger partial charge on any atom is -0.459 e. The Morgan fingerprint density at radius 2 is 1.82 bits per heavy atom. The van der Waals surface area contributed by atoms with E-state index in [0.717, 1.165) is 18.4 Å². The zero-order chi connectivity index (χ0) is 19.3. The third-order valence-electron chi connectivity index (χ3n) is 6.51. The van der Waals surface area contributed by atoms with E-state index in [2.05, 4.69) is 35.1 Å². The molecule has 1 aromatic rings. The molecule has 0 amide bonds. The monoisotopic (exact) mass is 377 g/mol. The number of cyclic esters (lactones) is 1. The van der Waals surface area contributed by atoms with Crippen molar-refractivity contribution < 1.29 is 9.53 Å². The molecule has 0 N–H and O–H groups in total. The second-order valence-electron chi connectivity index (χ2n) is 8.59. The first kappa shape index (κ1) is 19.3. The Balaban J connectivity index is 1.61. The summed E-state index contributed by atoms with van der Waals surface area (Å²) in [5.74, 6) is 3.86. The first-order valence-corrected chi connectivity index (χ1v) is 10.9. The molecule has 0 aromatic heterocycles. The Morgan fingerprint density at radius 3 is 2.50 bits per heavy atom. The molecule has 2 saturated carbocycles. The Kier molecular flexibility index (Phi) is 6.17. The third-order valence-corrected chi connectivity index (χ3v) is 6.51. The molecule has 1 heterocycles. The molecule has 3 atom stereocenters. The smallest absolute Gasteiger partial charge is 0.324 e. The van der Waals surface area contributed by atoms with Gasteiger partial charge in [-0.05, 0) is 49.5 Å². The minimum absolute atomic E-state index is 0.0665. The molecule has 3 heteroatoms. The lowest BCUT2D eigenvalue weighted by molar-refractivity contribution is -0.176. The number of terminal acetylenes is 1. The number of carbonyl (C=O) groups is 1. The van der Waals surface area contributed by atoms with Gasteiger partial charge in [-0.1, -0.05) is 67.7 Å². The number of carbonyl (C=O) groups excluding carboxylic acids is 1. The number of ether oxygens (including phenoxy) is 1. The van der Waals surface area contributed by atoms with Crippen molar-refractivity contribution in [3.63, 3.8) is 0 Å². The Hall–Kier alpha value is -2.05. The quantitative estimate of drug-likeness (QED) is 0.419. The molecule has 1 aliphatic heterocycles. The molecule has 3 aliphatic rings. The van der Waals surface area contributed by atoms with Gasteiger partial charge in [-0.3, -0.25) is 9.69 Å². The van der Waals surface area contributed by atoms with Crippen molar-refractivity contribution in [2.24, 2.45) is 11.8 Å². The van der Waals surface area contributed by atoms with Crippen molar-refractivity contribution in [1.82, 2.24) is 4.90 Å². The number of benzene rings is 1. The standard InChI is InChI=1S/C25H31NO2/c1-2-17-26-22(16-15-19-13-14-19)24(21-11-7-4-8-12-21)28-25(27)23(26)18-20-9-5-3-6-10-20/h1,3,5-6,9-10,15-16,19,21-24H,4,7-8,11-14,17-18H2/b16-15+/t22-,23?,24+/m0/s1. The maximum absolute atomic E-state index is 13.1. The van der Waals surface area contributed by atoms with Gasteiger partial charge in [-0.2, -0.15) is 0 Å². The summed E-state index contributed by atoms with van der Waals surface area (Å²) in [5.41, 5.74) is 1.15. The van der Waals surface area contributed by atoms with Crippen molar-refractivity contribution in [2.75, 3.05) is 6.54 Å². The topological polar surface area (TPSA) is 29.5 Å². The molecule has 0 radical (unpaired) electrons. The van der Waals surface area contributed by atoms with Crippen LogP contribution in [-0.2, 0) is 16.0 Å². The van der Waals surface area contributed by atoms with Crippen LogP contribution in [0.4, 0.5) is 0 Å². The van der Waals surface area contributed by atoms with Crippen LogP contribution in [0.15, 0.2) is 42.5 Å². The van der Waals surface area contributed by atoms with Gasteiger partial charge in [0.05, 0.1) is 12.6 Å². The van der Waals surface area contributed by atoms with E-state index in [1.165, 1.54) is 32.1 Å². The van der Waals surface area contributed by atoms with E-state index in [-0.39, 0.29) is 24.2 Å². The van der Waals surface area contributed by atoms with Crippen molar-refractivity contribution in [1.29, 1.82) is 0 Å². The second kappa shape index (κ2) is 8.97. The Morgan fingerprint density at radius 1 is 1.07 bits per heavy atom. The predicted molar refractivity (Wildman–Crippen MR) is 112 cm³/mol. The summed E-state index contributed by atoms with van der Waals surface area (Å²) in [4.78, 5) is 15.3. The molecular weight excluding hydrogens is 346 g/mol. The number of allylic oxidation sites excluding steroid dienone is 1. The van der Waals surface area contributed by atoms with Crippen LogP contribution in [0, 0.1) is 24.2 Å². The van der Waals surface area contributed by atoms with Gasteiger partial charge in [0.2, 0.25) is 0 Å². The normalized spacial score (nSPS) is 29.5. The van der Waals surface area contributed by atoms with Crippen LogP contribution in [0.2, 0.25) is 0 Å². The molecule has 0 spiro atoms. The Bertz CT molecular complexity index is 725. The number of hydrogen-bond acceptors (Lipinski definition) is 3. The lowest BCUT2D eigenvalue weighted by atomic mass is 9.80. The highest BCUT2D eigenvalue weighted by Crippen LogP contribution is 2.37. The average Bonchev–Trinajstić information content (AvgIpc) is 3.56. The number of morpholine rings is 1. The molecular formula is C25H31NO2. The number of nitrogens with zero attached hydrogens (tertiary/aromatic N) is 1. The molecule has 4 rings (SSSR count). The summed E-state index contributed by atoms with van der Waals surface area (Å²) >= 11 is 0. The average molecular weight is 378 g/mol. The van der Waals surface area contributed by atoms with Gasteiger partial charge in [0.1, 0.15) is 12.1 Å². The van der Waals surface area contributed by atoms with Crippen LogP contribution in [0.3, 0.4) is 0 Å². The van der Waals surface area contributed by atoms with Crippen molar-refractivity contribution in [2.45, 2.75) is 69.6 Å². The molecule has 0 bridgehead atoms. The molecule has 1 aromatic carbocycles. The molecule has 3 nitrogen and oxygen atoms in total. The summed E-state index contributed by atoms with van der Waals surface area (Å²) in [7, 11) is 0. The van der Waals surface area contributed by atoms with Crippen molar-refractivity contribution in [3.8, 4) is 12.3 Å². The molecule has 2 aliphatic carbocycles. The van der Waals surface area contributed by atoms with Crippen molar-refractivity contribution >= 4 is 5.97 Å². The fourth-order valence-corrected chi connectivity index (χ4v) is 4.79. The van der Waals surface area contributed by atoms with Gasteiger partial charge >= 0.3 is 5.97 Å². The fourth-order valence-electron chi connectivity index (χ4n) is 4.79. The summed E-state index contributed by atoms with van der Waals surface area (Å²) in [6, 6.07) is 9.96. The molecule has 148 valence electrons. The van der Waals surface area contributed by atoms with Crippen LogP contribution >= 0.6 is 0 Å². The SMILES string of the molecule is C#CCN1C(Cc2ccccc2)C(=O)O[C@H](C2CCCCC2)[C@@H]1/C=C/C1CC1. The predicted octanol–water partition coefficient (Wildman–Crippen LogP) is 4.37. The van der Waals surface area contributed by atoms with E-state index >= 15 is 0 Å². The largest absolute Gasteiger partial charge is 0.459 e. The van der Waals surface area contributed by atoms with E-state index in [0.29, 0.717) is 24.8 Å². The van der Waals surface area contributed by atoms with E-state index in [1.807, 2.05) is 18.2 Å². The van der Waals surface area contributed by atoms with Gasteiger partial charge in [0, 0.05) is 0 Å². The summed E-state index contributed by atoms with van der Waals surface area (Å²) < 4.78 is 6.15. The minimum atomic E-state index is -0.313. The lowest BCUT2D eigenvalue weighted by Crippen LogP contribution is -2.61. The maximum atomic E-state index is 13.1. The molecule has 28 heavy (non-hydrogen) atoms. The Labute approximate surface area is 169 Å². The van der Waals surface area contributed by atoms with E-state index in [9.17, 15) is 4.79 Å². The first-order chi connectivity index (χ1) is 13.8. The van der Waals surface area contributed by atoms with Crippen LogP contribution in [0.1, 0.15) is 50.5 Å². The summed E-state index contributed by atoms with van der Waals surface area (Å²) in [6.07, 6.45) is 19.6. The summed E-state index contributed by atoms with van der Waals surface area (Å²) in [6.45, 7) is 0.482. The zero-order valence-corrected chi connectivity index (χ0v) is 16.6. The van der Waals surface area contributed by atoms with E-state index in [1.54, 1.807) is 0 Å². The number of hydrogen-bond donors (Lipinski definition) is 0. The summed E-state index contributed by atoms with van der Waals surface area (Å²) in [5, 5.41) is 0. The number of esters is 1. The molecule has 1 unspecified atom stereocenters. The van der Waals surface area contributed by atoms with Gasteiger partial charge < -0.3 is 4.74 Å². The van der Waals surface area contributed by atoms with Crippen LogP contribution in [0.25, 0.3) is 0 Å². The van der Waals surface area contributed by atoms with Crippen LogP contribution in [-0.4, -0.2) is 35.6 Å². The van der Waals surface area contributed by atoms with Gasteiger partial charge in [0.25, 0.3) is 0 Å².